The van der Waals surface area contributed by atoms with Crippen LogP contribution in [-0.4, -0.2) is 31.1 Å². The van der Waals surface area contributed by atoms with Gasteiger partial charge in [-0.3, -0.25) is 0 Å². The molecule has 0 spiro atoms. The van der Waals surface area contributed by atoms with Crippen LogP contribution in [-0.2, 0) is 0 Å². The maximum absolute atomic E-state index is 6.18. The van der Waals surface area contributed by atoms with Crippen molar-refractivity contribution in [2.75, 3.05) is 20.1 Å². The van der Waals surface area contributed by atoms with Crippen LogP contribution in [0.3, 0.4) is 0 Å². The normalized spacial score (nSPS) is 33.9. The fourth-order valence-corrected chi connectivity index (χ4v) is 4.16. The molecule has 0 saturated heterocycles. The van der Waals surface area contributed by atoms with Crippen molar-refractivity contribution < 1.29 is 0 Å². The van der Waals surface area contributed by atoms with Crippen molar-refractivity contribution in [3.05, 3.63) is 0 Å². The molecule has 0 aromatic rings. The molecule has 2 rings (SSSR count). The van der Waals surface area contributed by atoms with Gasteiger partial charge in [0.15, 0.2) is 0 Å². The number of rotatable bonds is 6. The highest BCUT2D eigenvalue weighted by Gasteiger charge is 2.39. The van der Waals surface area contributed by atoms with E-state index < -0.39 is 0 Å². The molecule has 2 nitrogen and oxygen atoms in total. The molecule has 0 amide bonds. The van der Waals surface area contributed by atoms with Crippen LogP contribution in [0, 0.1) is 23.7 Å². The van der Waals surface area contributed by atoms with Gasteiger partial charge in [0.25, 0.3) is 0 Å². The second kappa shape index (κ2) is 5.71. The van der Waals surface area contributed by atoms with Crippen LogP contribution in [0.4, 0.5) is 0 Å². The SMILES string of the molecule is CC(C)CC(N)CN(C)CC1CC2CCC1C2. The highest BCUT2D eigenvalue weighted by atomic mass is 15.1. The standard InChI is InChI=1S/C15H30N2/c1-11(2)6-15(16)10-17(3)9-14-8-12-4-5-13(14)7-12/h11-15H,4-10,16H2,1-3H3. The Balaban J connectivity index is 1.68. The summed E-state index contributed by atoms with van der Waals surface area (Å²) >= 11 is 0. The number of hydrogen-bond acceptors (Lipinski definition) is 2. The quantitative estimate of drug-likeness (QED) is 0.771. The van der Waals surface area contributed by atoms with Gasteiger partial charge in [-0.25, -0.2) is 0 Å². The van der Waals surface area contributed by atoms with Crippen molar-refractivity contribution in [2.24, 2.45) is 29.4 Å². The molecule has 2 heteroatoms. The Bertz CT molecular complexity index is 239. The first-order valence-electron chi connectivity index (χ1n) is 7.48. The molecule has 2 aliphatic rings. The van der Waals surface area contributed by atoms with Gasteiger partial charge in [0.05, 0.1) is 0 Å². The molecule has 2 bridgehead atoms. The van der Waals surface area contributed by atoms with E-state index in [-0.39, 0.29) is 0 Å². The minimum Gasteiger partial charge on any atom is -0.327 e. The lowest BCUT2D eigenvalue weighted by Crippen LogP contribution is -2.39. The van der Waals surface area contributed by atoms with Crippen molar-refractivity contribution in [3.8, 4) is 0 Å². The summed E-state index contributed by atoms with van der Waals surface area (Å²) in [6.07, 6.45) is 7.19. The van der Waals surface area contributed by atoms with Crippen molar-refractivity contribution >= 4 is 0 Å². The van der Waals surface area contributed by atoms with Crippen LogP contribution in [0.2, 0.25) is 0 Å². The van der Waals surface area contributed by atoms with Gasteiger partial charge in [0, 0.05) is 19.1 Å². The Hall–Kier alpha value is -0.0800. The third-order valence-electron chi connectivity index (χ3n) is 4.75. The molecular weight excluding hydrogens is 208 g/mol. The highest BCUT2D eigenvalue weighted by Crippen LogP contribution is 2.48. The second-order valence-electron chi connectivity index (χ2n) is 7.05. The number of nitrogens with zero attached hydrogens (tertiary/aromatic N) is 1. The number of likely N-dealkylation sites (N-methyl/N-ethyl adjacent to an activating group) is 1. The van der Waals surface area contributed by atoms with Gasteiger partial charge in [-0.15, -0.1) is 0 Å². The van der Waals surface area contributed by atoms with Crippen LogP contribution < -0.4 is 5.73 Å². The smallest absolute Gasteiger partial charge is 0.0170 e. The average molecular weight is 238 g/mol. The summed E-state index contributed by atoms with van der Waals surface area (Å²) in [5.41, 5.74) is 6.18. The van der Waals surface area contributed by atoms with E-state index in [1.54, 1.807) is 0 Å². The molecule has 17 heavy (non-hydrogen) atoms. The zero-order chi connectivity index (χ0) is 12.4. The van der Waals surface area contributed by atoms with E-state index in [4.69, 9.17) is 5.73 Å². The number of hydrogen-bond donors (Lipinski definition) is 1. The maximum Gasteiger partial charge on any atom is 0.0170 e. The van der Waals surface area contributed by atoms with Gasteiger partial charge in [-0.05, 0) is 56.4 Å². The Kier molecular flexibility index (Phi) is 4.48. The van der Waals surface area contributed by atoms with Gasteiger partial charge in [0.1, 0.15) is 0 Å². The van der Waals surface area contributed by atoms with Crippen LogP contribution >= 0.6 is 0 Å². The van der Waals surface area contributed by atoms with Gasteiger partial charge in [0.2, 0.25) is 0 Å². The molecule has 0 aromatic heterocycles. The summed E-state index contributed by atoms with van der Waals surface area (Å²) < 4.78 is 0. The fraction of sp³-hybridized carbons (Fsp3) is 1.00. The third kappa shape index (κ3) is 3.69. The highest BCUT2D eigenvalue weighted by molar-refractivity contribution is 4.91. The van der Waals surface area contributed by atoms with Gasteiger partial charge < -0.3 is 10.6 Å². The largest absolute Gasteiger partial charge is 0.327 e. The van der Waals surface area contributed by atoms with Crippen LogP contribution in [0.5, 0.6) is 0 Å². The van der Waals surface area contributed by atoms with Crippen molar-refractivity contribution in [1.82, 2.24) is 4.90 Å². The van der Waals surface area contributed by atoms with E-state index in [1.807, 2.05) is 0 Å². The van der Waals surface area contributed by atoms with Crippen LogP contribution in [0.1, 0.15) is 46.0 Å². The van der Waals surface area contributed by atoms with E-state index in [2.05, 4.69) is 25.8 Å². The third-order valence-corrected chi connectivity index (χ3v) is 4.75. The minimum absolute atomic E-state index is 0.360. The van der Waals surface area contributed by atoms with E-state index in [0.717, 1.165) is 36.6 Å². The Morgan fingerprint density at radius 3 is 2.53 bits per heavy atom. The maximum atomic E-state index is 6.18. The predicted molar refractivity (Wildman–Crippen MR) is 73.9 cm³/mol. The molecule has 2 aliphatic carbocycles. The van der Waals surface area contributed by atoms with E-state index >= 15 is 0 Å². The molecule has 4 unspecified atom stereocenters. The Morgan fingerprint density at radius 1 is 1.24 bits per heavy atom. The summed E-state index contributed by atoms with van der Waals surface area (Å²) in [4.78, 5) is 2.48. The van der Waals surface area contributed by atoms with Crippen LogP contribution in [0.15, 0.2) is 0 Å². The van der Waals surface area contributed by atoms with E-state index in [1.165, 1.54) is 32.2 Å². The van der Waals surface area contributed by atoms with Gasteiger partial charge >= 0.3 is 0 Å². The summed E-state index contributed by atoms with van der Waals surface area (Å²) in [5.74, 6) is 3.82. The topological polar surface area (TPSA) is 29.3 Å². The first-order valence-corrected chi connectivity index (χ1v) is 7.48. The molecule has 0 heterocycles. The zero-order valence-corrected chi connectivity index (χ0v) is 11.9. The average Bonchev–Trinajstić information content (AvgIpc) is 2.76. The number of fused-ring (bicyclic) bond motifs is 2. The lowest BCUT2D eigenvalue weighted by atomic mass is 9.88. The predicted octanol–water partition coefficient (Wildman–Crippen LogP) is 2.73. The molecule has 0 aliphatic heterocycles. The van der Waals surface area contributed by atoms with Crippen LogP contribution in [0.25, 0.3) is 0 Å². The molecular formula is C15H30N2. The molecule has 2 N–H and O–H groups in total. The van der Waals surface area contributed by atoms with Crippen molar-refractivity contribution in [2.45, 2.75) is 52.0 Å². The Labute approximate surface area is 107 Å². The molecule has 4 atom stereocenters. The molecule has 0 aromatic carbocycles. The summed E-state index contributed by atoms with van der Waals surface area (Å²) in [6, 6.07) is 0.360. The number of nitrogens with two attached hydrogens (primary N) is 1. The Morgan fingerprint density at radius 2 is 2.00 bits per heavy atom. The summed E-state index contributed by atoms with van der Waals surface area (Å²) in [7, 11) is 2.26. The lowest BCUT2D eigenvalue weighted by molar-refractivity contribution is 0.206. The molecule has 2 saturated carbocycles. The summed E-state index contributed by atoms with van der Waals surface area (Å²) in [5, 5.41) is 0. The lowest BCUT2D eigenvalue weighted by Gasteiger charge is -2.29. The molecule has 0 radical (unpaired) electrons. The van der Waals surface area contributed by atoms with Gasteiger partial charge in [-0.2, -0.15) is 0 Å². The first-order chi connectivity index (χ1) is 8.04. The molecule has 100 valence electrons. The zero-order valence-electron chi connectivity index (χ0n) is 11.9. The molecule has 2 fully saturated rings. The van der Waals surface area contributed by atoms with E-state index in [9.17, 15) is 0 Å². The first kappa shape index (κ1) is 13.4. The monoisotopic (exact) mass is 238 g/mol. The van der Waals surface area contributed by atoms with Crippen molar-refractivity contribution in [3.63, 3.8) is 0 Å². The minimum atomic E-state index is 0.360. The summed E-state index contributed by atoms with van der Waals surface area (Å²) in [6.45, 7) is 6.88. The van der Waals surface area contributed by atoms with Crippen molar-refractivity contribution in [1.29, 1.82) is 0 Å². The fourth-order valence-electron chi connectivity index (χ4n) is 4.16. The van der Waals surface area contributed by atoms with Gasteiger partial charge in [-0.1, -0.05) is 20.3 Å². The van der Waals surface area contributed by atoms with E-state index in [0.29, 0.717) is 6.04 Å². The second-order valence-corrected chi connectivity index (χ2v) is 7.05.